The van der Waals surface area contributed by atoms with Crippen molar-refractivity contribution in [2.45, 2.75) is 19.3 Å². The molecule has 0 bridgehead atoms. The minimum Gasteiger partial charge on any atom is -0.380 e. The topological polar surface area (TPSA) is 58.6 Å². The van der Waals surface area contributed by atoms with Gasteiger partial charge in [0.1, 0.15) is 0 Å². The number of nitrogens with one attached hydrogen (secondary N) is 1. The van der Waals surface area contributed by atoms with Crippen molar-refractivity contribution in [2.75, 3.05) is 45.6 Å². The van der Waals surface area contributed by atoms with E-state index in [1.54, 1.807) is 0 Å². The zero-order valence-electron chi connectivity index (χ0n) is 11.6. The number of rotatable bonds is 5. The Morgan fingerprint density at radius 2 is 2.21 bits per heavy atom. The van der Waals surface area contributed by atoms with Crippen LogP contribution in [0.15, 0.2) is 0 Å². The number of hydrogen-bond acceptors (Lipinski definition) is 4. The normalized spacial score (nSPS) is 36.4. The lowest BCUT2D eigenvalue weighted by atomic mass is 9.81. The molecule has 19 heavy (non-hydrogen) atoms. The van der Waals surface area contributed by atoms with Crippen LogP contribution in [0.1, 0.15) is 19.3 Å². The fourth-order valence-corrected chi connectivity index (χ4v) is 4.20. The summed E-state index contributed by atoms with van der Waals surface area (Å²) in [6, 6.07) is 0. The Hall–Kier alpha value is -0.170. The molecule has 2 heterocycles. The van der Waals surface area contributed by atoms with Crippen molar-refractivity contribution in [1.29, 1.82) is 0 Å². The molecule has 5 nitrogen and oxygen atoms in total. The number of nitrogens with zero attached hydrogens (tertiary/aromatic N) is 1. The first kappa shape index (κ1) is 13.8. The van der Waals surface area contributed by atoms with Gasteiger partial charge in [0, 0.05) is 37.5 Å². The van der Waals surface area contributed by atoms with Gasteiger partial charge in [-0.1, -0.05) is 6.42 Å². The van der Waals surface area contributed by atoms with Crippen molar-refractivity contribution < 1.29 is 13.2 Å². The van der Waals surface area contributed by atoms with E-state index in [0.29, 0.717) is 19.1 Å². The van der Waals surface area contributed by atoms with Crippen molar-refractivity contribution in [3.05, 3.63) is 0 Å². The highest BCUT2D eigenvalue weighted by Crippen LogP contribution is 2.42. The van der Waals surface area contributed by atoms with E-state index in [2.05, 4.69) is 9.62 Å². The second-order valence-electron chi connectivity index (χ2n) is 6.66. The zero-order chi connectivity index (χ0) is 13.5. The molecule has 6 heteroatoms. The molecule has 0 aromatic rings. The first-order valence-corrected chi connectivity index (χ1v) is 9.11. The average Bonchev–Trinajstić information content (AvgIpc) is 2.76. The number of fused-ring (bicyclic) bond motifs is 1. The average molecular weight is 288 g/mol. The quantitative estimate of drug-likeness (QED) is 0.790. The van der Waals surface area contributed by atoms with Crippen molar-refractivity contribution in [2.24, 2.45) is 17.3 Å². The van der Waals surface area contributed by atoms with E-state index in [4.69, 9.17) is 4.74 Å². The molecule has 0 aromatic carbocycles. The maximum atomic E-state index is 11.3. The summed E-state index contributed by atoms with van der Waals surface area (Å²) in [6.45, 7) is 5.25. The Balaban J connectivity index is 1.61. The molecule has 0 unspecified atom stereocenters. The molecule has 3 rings (SSSR count). The van der Waals surface area contributed by atoms with Crippen molar-refractivity contribution >= 4 is 10.0 Å². The van der Waals surface area contributed by atoms with Crippen LogP contribution in [0.3, 0.4) is 0 Å². The van der Waals surface area contributed by atoms with Crippen LogP contribution in [0.25, 0.3) is 0 Å². The van der Waals surface area contributed by atoms with Crippen LogP contribution in [0, 0.1) is 17.3 Å². The van der Waals surface area contributed by atoms with Gasteiger partial charge in [0.15, 0.2) is 0 Å². The van der Waals surface area contributed by atoms with Crippen LogP contribution in [0.4, 0.5) is 0 Å². The lowest BCUT2D eigenvalue weighted by Crippen LogP contribution is -2.43. The maximum absolute atomic E-state index is 11.3. The highest BCUT2D eigenvalue weighted by atomic mass is 32.2. The third-order valence-corrected chi connectivity index (χ3v) is 5.69. The Kier molecular flexibility index (Phi) is 3.62. The van der Waals surface area contributed by atoms with Crippen LogP contribution >= 0.6 is 0 Å². The summed E-state index contributed by atoms with van der Waals surface area (Å²) in [6.07, 6.45) is 5.35. The van der Waals surface area contributed by atoms with Crippen molar-refractivity contribution in [1.82, 2.24) is 9.62 Å². The van der Waals surface area contributed by atoms with E-state index >= 15 is 0 Å². The summed E-state index contributed by atoms with van der Waals surface area (Å²) in [7, 11) is -3.11. The maximum Gasteiger partial charge on any atom is 0.208 e. The third-order valence-electron chi connectivity index (χ3n) is 5.02. The number of likely N-dealkylation sites (tertiary alicyclic amines) is 1. The highest BCUT2D eigenvalue weighted by molar-refractivity contribution is 7.88. The second kappa shape index (κ2) is 4.98. The van der Waals surface area contributed by atoms with E-state index < -0.39 is 10.0 Å². The predicted molar refractivity (Wildman–Crippen MR) is 73.4 cm³/mol. The number of hydrogen-bond donors (Lipinski definition) is 1. The molecule has 3 aliphatic rings. The number of sulfonamides is 1. The largest absolute Gasteiger partial charge is 0.380 e. The fourth-order valence-electron chi connectivity index (χ4n) is 3.65. The van der Waals surface area contributed by atoms with Gasteiger partial charge in [0.2, 0.25) is 10.0 Å². The summed E-state index contributed by atoms with van der Waals surface area (Å²) >= 11 is 0. The van der Waals surface area contributed by atoms with E-state index in [-0.39, 0.29) is 5.41 Å². The van der Waals surface area contributed by atoms with Gasteiger partial charge in [-0.25, -0.2) is 13.1 Å². The Labute approximate surface area is 115 Å². The third kappa shape index (κ3) is 2.96. The van der Waals surface area contributed by atoms with Gasteiger partial charge < -0.3 is 9.64 Å². The van der Waals surface area contributed by atoms with Crippen molar-refractivity contribution in [3.8, 4) is 0 Å². The summed E-state index contributed by atoms with van der Waals surface area (Å²) in [5, 5.41) is 0. The van der Waals surface area contributed by atoms with E-state index in [9.17, 15) is 8.42 Å². The van der Waals surface area contributed by atoms with Crippen LogP contribution in [0.5, 0.6) is 0 Å². The van der Waals surface area contributed by atoms with Gasteiger partial charge in [-0.05, 0) is 18.8 Å². The van der Waals surface area contributed by atoms with Crippen LogP contribution < -0.4 is 4.72 Å². The van der Waals surface area contributed by atoms with Crippen LogP contribution in [-0.4, -0.2) is 59.0 Å². The molecule has 1 saturated carbocycles. The molecule has 2 atom stereocenters. The van der Waals surface area contributed by atoms with Gasteiger partial charge in [-0.3, -0.25) is 0 Å². The standard InChI is InChI=1S/C13H24N2O3S/c1-19(16,17)14-8-13-9-15(5-11-3-2-4-11)6-12(13)7-18-10-13/h11-12,14H,2-10H2,1H3/t12-,13+/m0/s1. The first-order chi connectivity index (χ1) is 8.97. The van der Waals surface area contributed by atoms with E-state index in [1.165, 1.54) is 32.1 Å². The molecule has 0 amide bonds. The monoisotopic (exact) mass is 288 g/mol. The van der Waals surface area contributed by atoms with Gasteiger partial charge in [-0.2, -0.15) is 0 Å². The van der Waals surface area contributed by atoms with E-state index in [1.807, 2.05) is 0 Å². The predicted octanol–water partition coefficient (Wildman–Crippen LogP) is 0.284. The molecule has 0 spiro atoms. The Morgan fingerprint density at radius 1 is 1.42 bits per heavy atom. The molecule has 3 fully saturated rings. The van der Waals surface area contributed by atoms with E-state index in [0.717, 1.165) is 25.6 Å². The Morgan fingerprint density at radius 3 is 2.84 bits per heavy atom. The first-order valence-electron chi connectivity index (χ1n) is 7.22. The Bertz CT molecular complexity index is 435. The molecule has 110 valence electrons. The molecule has 0 aromatic heterocycles. The number of ether oxygens (including phenoxy) is 1. The minimum atomic E-state index is -3.11. The molecule has 1 N–H and O–H groups in total. The fraction of sp³-hybridized carbons (Fsp3) is 1.00. The lowest BCUT2D eigenvalue weighted by Gasteiger charge is -2.31. The van der Waals surface area contributed by atoms with Crippen LogP contribution in [0.2, 0.25) is 0 Å². The molecule has 0 radical (unpaired) electrons. The van der Waals surface area contributed by atoms with Crippen LogP contribution in [-0.2, 0) is 14.8 Å². The van der Waals surface area contributed by atoms with Crippen molar-refractivity contribution in [3.63, 3.8) is 0 Å². The second-order valence-corrected chi connectivity index (χ2v) is 8.49. The highest BCUT2D eigenvalue weighted by Gasteiger charge is 2.50. The smallest absolute Gasteiger partial charge is 0.208 e. The van der Waals surface area contributed by atoms with Gasteiger partial charge >= 0.3 is 0 Å². The molecule has 2 saturated heterocycles. The summed E-state index contributed by atoms with van der Waals surface area (Å²) in [5.74, 6) is 1.36. The van der Waals surface area contributed by atoms with Gasteiger partial charge in [0.05, 0.1) is 19.5 Å². The lowest BCUT2D eigenvalue weighted by molar-refractivity contribution is 0.116. The summed E-state index contributed by atoms with van der Waals surface area (Å²) < 4.78 is 31.0. The molecular formula is C13H24N2O3S. The van der Waals surface area contributed by atoms with Gasteiger partial charge in [-0.15, -0.1) is 0 Å². The summed E-state index contributed by atoms with van der Waals surface area (Å²) in [5.41, 5.74) is 0.00677. The van der Waals surface area contributed by atoms with Gasteiger partial charge in [0.25, 0.3) is 0 Å². The minimum absolute atomic E-state index is 0.00677. The molecule has 2 aliphatic heterocycles. The zero-order valence-corrected chi connectivity index (χ0v) is 12.4. The summed E-state index contributed by atoms with van der Waals surface area (Å²) in [4.78, 5) is 2.53. The SMILES string of the molecule is CS(=O)(=O)NC[C@@]12COC[C@@H]1CN(CC1CCC1)C2. The molecular weight excluding hydrogens is 264 g/mol. The molecule has 1 aliphatic carbocycles.